The Balaban J connectivity index is 1.84. The Morgan fingerprint density at radius 2 is 1.81 bits per heavy atom. The first-order chi connectivity index (χ1) is 15.0. The van der Waals surface area contributed by atoms with Crippen LogP contribution in [0.15, 0.2) is 36.4 Å². The molecule has 0 saturated carbocycles. The maximum Gasteiger partial charge on any atom is 0.263 e. The van der Waals surface area contributed by atoms with Crippen LogP contribution in [0.5, 0.6) is 5.75 Å². The number of hydrogen-bond acceptors (Lipinski definition) is 5. The first kappa shape index (κ1) is 24.3. The predicted molar refractivity (Wildman–Crippen MR) is 136 cm³/mol. The Bertz CT molecular complexity index is 1220. The van der Waals surface area contributed by atoms with Crippen LogP contribution < -0.4 is 20.7 Å². The van der Waals surface area contributed by atoms with Crippen molar-refractivity contribution in [2.75, 3.05) is 12.4 Å². The monoisotopic (exact) mass is 509 g/mol. The lowest BCUT2D eigenvalue weighted by Crippen LogP contribution is -2.40. The zero-order valence-corrected chi connectivity index (χ0v) is 20.9. The Labute approximate surface area is 205 Å². The number of benzene rings is 2. The van der Waals surface area contributed by atoms with Gasteiger partial charge in [-0.05, 0) is 57.3 Å². The quantitative estimate of drug-likeness (QED) is 0.383. The van der Waals surface area contributed by atoms with E-state index in [4.69, 9.17) is 40.2 Å². The average Bonchev–Trinajstić information content (AvgIpc) is 3.04. The van der Waals surface area contributed by atoms with Crippen LogP contribution in [0.3, 0.4) is 0 Å². The molecule has 10 heteroatoms. The Morgan fingerprint density at radius 1 is 1.09 bits per heavy atom. The molecule has 2 amide bonds. The minimum atomic E-state index is -0.469. The summed E-state index contributed by atoms with van der Waals surface area (Å²) in [4.78, 5) is 25.7. The molecular formula is C22H21Cl2N3O3S2. The minimum Gasteiger partial charge on any atom is -0.496 e. The third-order valence-electron chi connectivity index (χ3n) is 4.23. The number of carbonyl (C=O) groups excluding carboxylic acids is 2. The summed E-state index contributed by atoms with van der Waals surface area (Å²) in [6.07, 6.45) is 0. The second-order valence-corrected chi connectivity index (χ2v) is 10.1. The molecule has 3 N–H and O–H groups in total. The summed E-state index contributed by atoms with van der Waals surface area (Å²) >= 11 is 19.1. The summed E-state index contributed by atoms with van der Waals surface area (Å²) in [6.45, 7) is 5.69. The summed E-state index contributed by atoms with van der Waals surface area (Å²) in [7, 11) is 1.46. The van der Waals surface area contributed by atoms with Crippen molar-refractivity contribution < 1.29 is 14.3 Å². The van der Waals surface area contributed by atoms with E-state index in [9.17, 15) is 9.59 Å². The largest absolute Gasteiger partial charge is 0.496 e. The molecule has 2 aromatic carbocycles. The van der Waals surface area contributed by atoms with E-state index in [1.165, 1.54) is 24.5 Å². The van der Waals surface area contributed by atoms with E-state index < -0.39 is 11.4 Å². The summed E-state index contributed by atoms with van der Waals surface area (Å²) in [5, 5.41) is 10.1. The topological polar surface area (TPSA) is 79.5 Å². The zero-order chi connectivity index (χ0) is 23.6. The van der Waals surface area contributed by atoms with Gasteiger partial charge < -0.3 is 15.4 Å². The van der Waals surface area contributed by atoms with Gasteiger partial charge in [0.25, 0.3) is 11.8 Å². The van der Waals surface area contributed by atoms with E-state index >= 15 is 0 Å². The second-order valence-electron chi connectivity index (χ2n) is 7.88. The molecule has 0 atom stereocenters. The molecule has 0 aliphatic heterocycles. The smallest absolute Gasteiger partial charge is 0.263 e. The first-order valence-electron chi connectivity index (χ1n) is 9.49. The van der Waals surface area contributed by atoms with Crippen molar-refractivity contribution in [3.63, 3.8) is 0 Å². The van der Waals surface area contributed by atoms with Gasteiger partial charge in [0.15, 0.2) is 5.11 Å². The number of nitrogens with one attached hydrogen (secondary N) is 3. The van der Waals surface area contributed by atoms with E-state index in [1.807, 2.05) is 26.8 Å². The van der Waals surface area contributed by atoms with E-state index in [0.717, 1.165) is 4.70 Å². The molecule has 6 nitrogen and oxygen atoms in total. The highest BCUT2D eigenvalue weighted by Crippen LogP contribution is 2.39. The van der Waals surface area contributed by atoms with Crippen LogP contribution in [0, 0.1) is 0 Å². The molecule has 32 heavy (non-hydrogen) atoms. The van der Waals surface area contributed by atoms with Crippen LogP contribution in [0.4, 0.5) is 5.69 Å². The number of thiocarbonyl (C=S) groups is 1. The maximum atomic E-state index is 12.7. The normalized spacial score (nSPS) is 11.2. The van der Waals surface area contributed by atoms with Gasteiger partial charge in [0.2, 0.25) is 0 Å². The molecule has 0 spiro atoms. The highest BCUT2D eigenvalue weighted by Gasteiger charge is 2.23. The summed E-state index contributed by atoms with van der Waals surface area (Å²) in [5.41, 5.74) is 0.473. The summed E-state index contributed by atoms with van der Waals surface area (Å²) in [6, 6.07) is 10.1. The molecule has 3 rings (SSSR count). The van der Waals surface area contributed by atoms with Gasteiger partial charge in [-0.2, -0.15) is 0 Å². The van der Waals surface area contributed by atoms with Gasteiger partial charge in [-0.3, -0.25) is 14.9 Å². The lowest BCUT2D eigenvalue weighted by Gasteiger charge is -2.19. The van der Waals surface area contributed by atoms with Gasteiger partial charge in [0.1, 0.15) is 10.6 Å². The van der Waals surface area contributed by atoms with Crippen molar-refractivity contribution >= 4 is 79.5 Å². The van der Waals surface area contributed by atoms with Crippen molar-refractivity contribution in [1.82, 2.24) is 10.6 Å². The summed E-state index contributed by atoms with van der Waals surface area (Å²) < 4.78 is 5.96. The van der Waals surface area contributed by atoms with Crippen molar-refractivity contribution in [2.45, 2.75) is 26.3 Å². The number of carbonyl (C=O) groups is 2. The Hall–Kier alpha value is -2.39. The zero-order valence-electron chi connectivity index (χ0n) is 17.8. The number of rotatable bonds is 4. The Kier molecular flexibility index (Phi) is 7.29. The second kappa shape index (κ2) is 9.62. The third kappa shape index (κ3) is 5.50. The number of methoxy groups -OCH3 is 1. The molecular weight excluding hydrogens is 489 g/mol. The maximum absolute atomic E-state index is 12.7. The van der Waals surface area contributed by atoms with Crippen LogP contribution in [0.1, 0.15) is 40.8 Å². The number of ether oxygens (including phenoxy) is 1. The van der Waals surface area contributed by atoms with Crippen molar-refractivity contribution in [3.8, 4) is 5.75 Å². The fourth-order valence-corrected chi connectivity index (χ4v) is 4.76. The fourth-order valence-electron chi connectivity index (χ4n) is 2.91. The van der Waals surface area contributed by atoms with Crippen LogP contribution in [0.25, 0.3) is 10.1 Å². The molecule has 3 aromatic rings. The van der Waals surface area contributed by atoms with Crippen molar-refractivity contribution in [2.24, 2.45) is 0 Å². The number of anilines is 1. The molecule has 0 radical (unpaired) electrons. The third-order valence-corrected chi connectivity index (χ3v) is 6.41. The number of hydrogen-bond donors (Lipinski definition) is 3. The van der Waals surface area contributed by atoms with E-state index in [0.29, 0.717) is 31.7 Å². The van der Waals surface area contributed by atoms with Gasteiger partial charge >= 0.3 is 0 Å². The van der Waals surface area contributed by atoms with E-state index in [2.05, 4.69) is 16.0 Å². The van der Waals surface area contributed by atoms with Gasteiger partial charge in [-0.1, -0.05) is 35.3 Å². The standard InChI is InChI=1S/C22H21Cl2N3O3S2/c1-22(2,3)27-20(29)18-16(24)12-6-5-7-14(17(12)32-18)25-21(31)26-19(28)13-10-11(23)8-9-15(13)30-4/h5-10H,1-4H3,(H,27,29)(H2,25,26,28,31). The van der Waals surface area contributed by atoms with Crippen LogP contribution in [0.2, 0.25) is 10.0 Å². The molecule has 0 fully saturated rings. The molecule has 0 bridgehead atoms. The SMILES string of the molecule is COc1ccc(Cl)cc1C(=O)NC(=S)Nc1cccc2c(Cl)c(C(=O)NC(C)(C)C)sc12. The van der Waals surface area contributed by atoms with E-state index in [1.54, 1.807) is 24.3 Å². The fraction of sp³-hybridized carbons (Fsp3) is 0.227. The molecule has 0 aliphatic rings. The van der Waals surface area contributed by atoms with Crippen molar-refractivity contribution in [1.29, 1.82) is 0 Å². The summed E-state index contributed by atoms with van der Waals surface area (Å²) in [5.74, 6) is -0.349. The lowest BCUT2D eigenvalue weighted by molar-refractivity contribution is 0.0922. The minimum absolute atomic E-state index is 0.0785. The highest BCUT2D eigenvalue weighted by atomic mass is 35.5. The van der Waals surface area contributed by atoms with Crippen molar-refractivity contribution in [3.05, 3.63) is 56.9 Å². The van der Waals surface area contributed by atoms with Gasteiger partial charge in [0, 0.05) is 15.9 Å². The number of fused-ring (bicyclic) bond motifs is 1. The van der Waals surface area contributed by atoms with Crippen LogP contribution >= 0.6 is 46.8 Å². The van der Waals surface area contributed by atoms with Gasteiger partial charge in [-0.25, -0.2) is 0 Å². The molecule has 1 heterocycles. The first-order valence-corrected chi connectivity index (χ1v) is 11.5. The number of thiophene rings is 1. The molecule has 0 saturated heterocycles. The number of amides is 2. The predicted octanol–water partition coefficient (Wildman–Crippen LogP) is 5.87. The molecule has 1 aromatic heterocycles. The Morgan fingerprint density at radius 3 is 2.47 bits per heavy atom. The van der Waals surface area contributed by atoms with E-state index in [-0.39, 0.29) is 16.6 Å². The highest BCUT2D eigenvalue weighted by molar-refractivity contribution is 7.80. The number of halogens is 2. The lowest BCUT2D eigenvalue weighted by atomic mass is 10.1. The van der Waals surface area contributed by atoms with Gasteiger partial charge in [-0.15, -0.1) is 11.3 Å². The van der Waals surface area contributed by atoms with Gasteiger partial charge in [0.05, 0.1) is 28.1 Å². The molecule has 0 unspecified atom stereocenters. The molecule has 168 valence electrons. The molecule has 0 aliphatic carbocycles. The average molecular weight is 510 g/mol. The van der Waals surface area contributed by atoms with Crippen LogP contribution in [-0.4, -0.2) is 29.6 Å². The van der Waals surface area contributed by atoms with Crippen LogP contribution in [-0.2, 0) is 0 Å².